The Hall–Kier alpha value is -4.06. The Morgan fingerprint density at radius 1 is 0.906 bits per heavy atom. The van der Waals surface area contributed by atoms with Crippen molar-refractivity contribution in [2.24, 2.45) is 0 Å². The normalized spacial score (nSPS) is 10.7. The highest BCUT2D eigenvalue weighted by atomic mass is 16.7. The average Bonchev–Trinajstić information content (AvgIpc) is 2.81. The Morgan fingerprint density at radius 3 is 2.28 bits per heavy atom. The van der Waals surface area contributed by atoms with Crippen LogP contribution in [-0.4, -0.2) is 12.8 Å². The zero-order chi connectivity index (χ0) is 22.3. The Kier molecular flexibility index (Phi) is 6.51. The van der Waals surface area contributed by atoms with Gasteiger partial charge in [-0.15, -0.1) is 0 Å². The molecule has 0 aliphatic carbocycles. The summed E-state index contributed by atoms with van der Waals surface area (Å²) in [5.74, 6) is 0.395. The highest BCUT2D eigenvalue weighted by Crippen LogP contribution is 2.30. The number of carbonyl (C=O) groups excluding carboxylic acids is 1. The van der Waals surface area contributed by atoms with Gasteiger partial charge in [0, 0.05) is 23.4 Å². The van der Waals surface area contributed by atoms with Crippen LogP contribution >= 0.6 is 0 Å². The summed E-state index contributed by atoms with van der Waals surface area (Å²) in [7, 11) is 0. The van der Waals surface area contributed by atoms with Crippen molar-refractivity contribution >= 4 is 17.1 Å². The average molecular weight is 430 g/mol. The molecule has 3 aromatic carbocycles. The van der Waals surface area contributed by atoms with E-state index in [0.29, 0.717) is 35.3 Å². The number of rotatable bonds is 7. The molecule has 0 bridgehead atoms. The SMILES string of the molecule is CCOC(=O)Oc1c(Cc2ccccc2)c2ccc(OCc3ccccc3)cc2oc1=O. The summed E-state index contributed by atoms with van der Waals surface area (Å²) in [4.78, 5) is 24.7. The van der Waals surface area contributed by atoms with Crippen LogP contribution < -0.4 is 15.1 Å². The van der Waals surface area contributed by atoms with Crippen molar-refractivity contribution in [3.63, 3.8) is 0 Å². The molecule has 1 aromatic heterocycles. The van der Waals surface area contributed by atoms with Crippen molar-refractivity contribution < 1.29 is 23.4 Å². The molecule has 0 saturated carbocycles. The van der Waals surface area contributed by atoms with Gasteiger partial charge in [0.15, 0.2) is 0 Å². The van der Waals surface area contributed by atoms with Crippen molar-refractivity contribution in [1.82, 2.24) is 0 Å². The fourth-order valence-electron chi connectivity index (χ4n) is 3.37. The molecule has 0 spiro atoms. The lowest BCUT2D eigenvalue weighted by atomic mass is 10.0. The van der Waals surface area contributed by atoms with Crippen molar-refractivity contribution in [1.29, 1.82) is 0 Å². The molecule has 0 amide bonds. The first-order valence-corrected chi connectivity index (χ1v) is 10.3. The molecule has 32 heavy (non-hydrogen) atoms. The van der Waals surface area contributed by atoms with Crippen molar-refractivity contribution in [3.05, 3.63) is 106 Å². The maximum atomic E-state index is 12.7. The third-order valence-electron chi connectivity index (χ3n) is 4.86. The van der Waals surface area contributed by atoms with Gasteiger partial charge in [-0.2, -0.15) is 0 Å². The summed E-state index contributed by atoms with van der Waals surface area (Å²) < 4.78 is 21.4. The third kappa shape index (κ3) is 4.98. The number of hydrogen-bond donors (Lipinski definition) is 0. The van der Waals surface area contributed by atoms with Gasteiger partial charge in [-0.25, -0.2) is 9.59 Å². The van der Waals surface area contributed by atoms with Crippen LogP contribution in [0.25, 0.3) is 11.0 Å². The predicted molar refractivity (Wildman–Crippen MR) is 120 cm³/mol. The molecule has 0 radical (unpaired) electrons. The van der Waals surface area contributed by atoms with Crippen LogP contribution in [0, 0.1) is 0 Å². The lowest BCUT2D eigenvalue weighted by Crippen LogP contribution is -2.18. The Balaban J connectivity index is 1.72. The summed E-state index contributed by atoms with van der Waals surface area (Å²) in [6.07, 6.45) is -0.571. The smallest absolute Gasteiger partial charge is 0.489 e. The molecular formula is C26H22O6. The number of ether oxygens (including phenoxy) is 3. The fourth-order valence-corrected chi connectivity index (χ4v) is 3.37. The van der Waals surface area contributed by atoms with E-state index in [0.717, 1.165) is 11.1 Å². The Bertz CT molecular complexity index is 1260. The van der Waals surface area contributed by atoms with Crippen molar-refractivity contribution in [3.8, 4) is 11.5 Å². The van der Waals surface area contributed by atoms with Crippen LogP contribution in [0.1, 0.15) is 23.6 Å². The molecule has 6 heteroatoms. The molecule has 0 aliphatic rings. The first-order chi connectivity index (χ1) is 15.6. The van der Waals surface area contributed by atoms with E-state index in [1.807, 2.05) is 60.7 Å². The maximum absolute atomic E-state index is 12.7. The molecule has 162 valence electrons. The molecule has 0 saturated heterocycles. The number of fused-ring (bicyclic) bond motifs is 1. The van der Waals surface area contributed by atoms with Crippen LogP contribution in [0.15, 0.2) is 88.1 Å². The molecule has 0 aliphatic heterocycles. The molecular weight excluding hydrogens is 408 g/mol. The predicted octanol–water partition coefficient (Wildman–Crippen LogP) is 5.50. The third-order valence-corrected chi connectivity index (χ3v) is 4.86. The van der Waals surface area contributed by atoms with Crippen LogP contribution in [0.5, 0.6) is 11.5 Å². The highest BCUT2D eigenvalue weighted by Gasteiger charge is 2.20. The number of hydrogen-bond acceptors (Lipinski definition) is 6. The van der Waals surface area contributed by atoms with E-state index in [9.17, 15) is 9.59 Å². The van der Waals surface area contributed by atoms with E-state index in [2.05, 4.69) is 0 Å². The lowest BCUT2D eigenvalue weighted by molar-refractivity contribution is 0.102. The van der Waals surface area contributed by atoms with Crippen LogP contribution in [-0.2, 0) is 17.8 Å². The Labute approximate surface area is 185 Å². The van der Waals surface area contributed by atoms with E-state index in [1.54, 1.807) is 25.1 Å². The number of carbonyl (C=O) groups is 1. The van der Waals surface area contributed by atoms with Gasteiger partial charge in [-0.05, 0) is 30.2 Å². The van der Waals surface area contributed by atoms with Gasteiger partial charge in [0.1, 0.15) is 17.9 Å². The lowest BCUT2D eigenvalue weighted by Gasteiger charge is -2.13. The summed E-state index contributed by atoms with van der Waals surface area (Å²) in [5.41, 5.74) is 2.12. The molecule has 0 N–H and O–H groups in total. The van der Waals surface area contributed by atoms with Crippen LogP contribution in [0.3, 0.4) is 0 Å². The summed E-state index contributed by atoms with van der Waals surface area (Å²) >= 11 is 0. The van der Waals surface area contributed by atoms with Crippen LogP contribution in [0.4, 0.5) is 4.79 Å². The largest absolute Gasteiger partial charge is 0.514 e. The molecule has 0 fully saturated rings. The fraction of sp³-hybridized carbons (Fsp3) is 0.154. The van der Waals surface area contributed by atoms with Gasteiger partial charge in [-0.1, -0.05) is 60.7 Å². The first-order valence-electron chi connectivity index (χ1n) is 10.3. The minimum atomic E-state index is -0.948. The zero-order valence-corrected chi connectivity index (χ0v) is 17.6. The Morgan fingerprint density at radius 2 is 1.59 bits per heavy atom. The van der Waals surface area contributed by atoms with Gasteiger partial charge in [-0.3, -0.25) is 0 Å². The first kappa shape index (κ1) is 21.2. The highest BCUT2D eigenvalue weighted by molar-refractivity contribution is 5.84. The summed E-state index contributed by atoms with van der Waals surface area (Å²) in [6, 6.07) is 24.6. The molecule has 0 unspecified atom stereocenters. The van der Waals surface area contributed by atoms with E-state index >= 15 is 0 Å². The quantitative estimate of drug-likeness (QED) is 0.285. The topological polar surface area (TPSA) is 75.0 Å². The second-order valence-electron chi connectivity index (χ2n) is 7.08. The monoisotopic (exact) mass is 430 g/mol. The maximum Gasteiger partial charge on any atom is 0.514 e. The van der Waals surface area contributed by atoms with E-state index in [-0.39, 0.29) is 12.4 Å². The van der Waals surface area contributed by atoms with Crippen molar-refractivity contribution in [2.75, 3.05) is 6.61 Å². The molecule has 4 aromatic rings. The van der Waals surface area contributed by atoms with Gasteiger partial charge >= 0.3 is 11.8 Å². The standard InChI is InChI=1S/C26H22O6/c1-2-29-26(28)32-24-22(15-18-9-5-3-6-10-18)21-14-13-20(16-23(21)31-25(24)27)30-17-19-11-7-4-8-12-19/h3-14,16H,2,15,17H2,1H3. The minimum absolute atomic E-state index is 0.133. The number of benzene rings is 3. The van der Waals surface area contributed by atoms with E-state index < -0.39 is 11.8 Å². The molecule has 4 rings (SSSR count). The summed E-state index contributed by atoms with van der Waals surface area (Å²) in [6.45, 7) is 2.18. The van der Waals surface area contributed by atoms with Crippen molar-refractivity contribution in [2.45, 2.75) is 20.0 Å². The molecule has 0 atom stereocenters. The zero-order valence-electron chi connectivity index (χ0n) is 17.6. The minimum Gasteiger partial charge on any atom is -0.489 e. The second kappa shape index (κ2) is 9.83. The molecule has 1 heterocycles. The van der Waals surface area contributed by atoms with Gasteiger partial charge in [0.05, 0.1) is 6.61 Å². The van der Waals surface area contributed by atoms with E-state index in [1.165, 1.54) is 0 Å². The van der Waals surface area contributed by atoms with Gasteiger partial charge in [0.2, 0.25) is 5.75 Å². The second-order valence-corrected chi connectivity index (χ2v) is 7.08. The van der Waals surface area contributed by atoms with E-state index in [4.69, 9.17) is 18.6 Å². The van der Waals surface area contributed by atoms with Crippen LogP contribution in [0.2, 0.25) is 0 Å². The van der Waals surface area contributed by atoms with Gasteiger partial charge < -0.3 is 18.6 Å². The molecule has 6 nitrogen and oxygen atoms in total. The van der Waals surface area contributed by atoms with Gasteiger partial charge in [0.25, 0.3) is 0 Å². The summed E-state index contributed by atoms with van der Waals surface area (Å²) in [5, 5.41) is 0.653.